The number of aromatic nitrogens is 2. The predicted octanol–water partition coefficient (Wildman–Crippen LogP) is -0.584. The second-order valence-electron chi connectivity index (χ2n) is 4.72. The molecule has 1 aliphatic rings. The van der Waals surface area contributed by atoms with E-state index in [2.05, 4.69) is 19.9 Å². The molecule has 0 spiro atoms. The Kier molecular flexibility index (Phi) is 6.90. The SMILES string of the molecule is Cl.Cn1cnc(S(=O)(=O)NCCCN2CCNCC2)c1. The zero-order valence-electron chi connectivity index (χ0n) is 11.6. The van der Waals surface area contributed by atoms with E-state index in [4.69, 9.17) is 0 Å². The fourth-order valence-corrected chi connectivity index (χ4v) is 3.10. The zero-order valence-corrected chi connectivity index (χ0v) is 13.2. The lowest BCUT2D eigenvalue weighted by molar-refractivity contribution is 0.239. The smallest absolute Gasteiger partial charge is 0.259 e. The van der Waals surface area contributed by atoms with Gasteiger partial charge in [-0.1, -0.05) is 0 Å². The van der Waals surface area contributed by atoms with Crippen LogP contribution >= 0.6 is 12.4 Å². The quantitative estimate of drug-likeness (QED) is 0.685. The molecule has 20 heavy (non-hydrogen) atoms. The van der Waals surface area contributed by atoms with Crippen LogP contribution in [0.3, 0.4) is 0 Å². The van der Waals surface area contributed by atoms with Gasteiger partial charge < -0.3 is 14.8 Å². The molecule has 116 valence electrons. The van der Waals surface area contributed by atoms with Gasteiger partial charge in [0.05, 0.1) is 6.33 Å². The third-order valence-corrected chi connectivity index (χ3v) is 4.45. The van der Waals surface area contributed by atoms with E-state index in [1.54, 1.807) is 11.6 Å². The van der Waals surface area contributed by atoms with Crippen molar-refractivity contribution in [1.82, 2.24) is 24.5 Å². The van der Waals surface area contributed by atoms with Gasteiger partial charge in [-0.25, -0.2) is 18.1 Å². The molecule has 1 aliphatic heterocycles. The summed E-state index contributed by atoms with van der Waals surface area (Å²) in [6.45, 7) is 5.47. The fraction of sp³-hybridized carbons (Fsp3) is 0.727. The first kappa shape index (κ1) is 17.4. The summed E-state index contributed by atoms with van der Waals surface area (Å²) in [5, 5.41) is 3.37. The molecule has 0 unspecified atom stereocenters. The number of aryl methyl sites for hydroxylation is 1. The van der Waals surface area contributed by atoms with Gasteiger partial charge in [-0.3, -0.25) is 0 Å². The minimum atomic E-state index is -3.46. The lowest BCUT2D eigenvalue weighted by atomic mass is 10.3. The van der Waals surface area contributed by atoms with E-state index in [0.717, 1.165) is 39.1 Å². The minimum Gasteiger partial charge on any atom is -0.339 e. The molecule has 1 fully saturated rings. The Hall–Kier alpha value is -0.670. The lowest BCUT2D eigenvalue weighted by Gasteiger charge is -2.26. The Balaban J connectivity index is 0.00000200. The largest absolute Gasteiger partial charge is 0.339 e. The van der Waals surface area contributed by atoms with Crippen LogP contribution in [0.2, 0.25) is 0 Å². The van der Waals surface area contributed by atoms with Crippen LogP contribution in [0.5, 0.6) is 0 Å². The van der Waals surface area contributed by atoms with Crippen molar-refractivity contribution in [3.05, 3.63) is 12.5 Å². The second kappa shape index (κ2) is 7.94. The van der Waals surface area contributed by atoms with Crippen LogP contribution in [0.1, 0.15) is 6.42 Å². The highest BCUT2D eigenvalue weighted by molar-refractivity contribution is 7.89. The van der Waals surface area contributed by atoms with Gasteiger partial charge in [0.2, 0.25) is 0 Å². The Bertz CT molecular complexity index is 499. The third kappa shape index (κ3) is 5.02. The van der Waals surface area contributed by atoms with Crippen LogP contribution in [0.15, 0.2) is 17.6 Å². The number of sulfonamides is 1. The van der Waals surface area contributed by atoms with Gasteiger partial charge in [0, 0.05) is 46.0 Å². The molecule has 1 aromatic rings. The van der Waals surface area contributed by atoms with Crippen LogP contribution in [-0.4, -0.2) is 62.1 Å². The zero-order chi connectivity index (χ0) is 13.7. The maximum absolute atomic E-state index is 11.9. The molecular formula is C11H22ClN5O2S. The molecule has 9 heteroatoms. The van der Waals surface area contributed by atoms with Crippen LogP contribution in [0, 0.1) is 0 Å². The van der Waals surface area contributed by atoms with Crippen molar-refractivity contribution in [1.29, 1.82) is 0 Å². The predicted molar refractivity (Wildman–Crippen MR) is 79.6 cm³/mol. The van der Waals surface area contributed by atoms with E-state index in [9.17, 15) is 8.42 Å². The maximum Gasteiger partial charge on any atom is 0.259 e. The van der Waals surface area contributed by atoms with Crippen LogP contribution in [-0.2, 0) is 17.1 Å². The van der Waals surface area contributed by atoms with Crippen molar-refractivity contribution in [2.75, 3.05) is 39.3 Å². The molecule has 0 bridgehead atoms. The average Bonchev–Trinajstić information content (AvgIpc) is 2.84. The van der Waals surface area contributed by atoms with Crippen LogP contribution in [0.25, 0.3) is 0 Å². The van der Waals surface area contributed by atoms with Crippen LogP contribution < -0.4 is 10.0 Å². The van der Waals surface area contributed by atoms with Gasteiger partial charge in [-0.15, -0.1) is 12.4 Å². The van der Waals surface area contributed by atoms with E-state index in [0.29, 0.717) is 6.54 Å². The molecule has 2 rings (SSSR count). The number of nitrogens with zero attached hydrogens (tertiary/aromatic N) is 3. The summed E-state index contributed by atoms with van der Waals surface area (Å²) in [5.41, 5.74) is 0. The first-order valence-electron chi connectivity index (χ1n) is 6.49. The summed E-state index contributed by atoms with van der Waals surface area (Å²) < 4.78 is 28.0. The van der Waals surface area contributed by atoms with Crippen molar-refractivity contribution in [3.63, 3.8) is 0 Å². The highest BCUT2D eigenvalue weighted by atomic mass is 35.5. The monoisotopic (exact) mass is 323 g/mol. The van der Waals surface area contributed by atoms with Gasteiger partial charge in [-0.05, 0) is 13.0 Å². The topological polar surface area (TPSA) is 79.3 Å². The van der Waals surface area contributed by atoms with Crippen molar-refractivity contribution in [3.8, 4) is 0 Å². The van der Waals surface area contributed by atoms with Gasteiger partial charge in [0.25, 0.3) is 10.0 Å². The molecule has 1 saturated heterocycles. The molecule has 0 atom stereocenters. The molecule has 0 aliphatic carbocycles. The number of imidazole rings is 1. The van der Waals surface area contributed by atoms with Crippen molar-refractivity contribution < 1.29 is 8.42 Å². The standard InChI is InChI=1S/C11H21N5O2S.ClH/c1-15-9-11(13-10-15)19(17,18)14-3-2-6-16-7-4-12-5-8-16;/h9-10,12,14H,2-8H2,1H3;1H. The number of piperazine rings is 1. The summed E-state index contributed by atoms with van der Waals surface area (Å²) in [6, 6.07) is 0. The highest BCUT2D eigenvalue weighted by Crippen LogP contribution is 2.03. The van der Waals surface area contributed by atoms with E-state index in [1.165, 1.54) is 12.5 Å². The number of hydrogen-bond donors (Lipinski definition) is 2. The molecule has 0 radical (unpaired) electrons. The van der Waals surface area contributed by atoms with E-state index in [-0.39, 0.29) is 17.4 Å². The van der Waals surface area contributed by atoms with E-state index in [1.807, 2.05) is 0 Å². The maximum atomic E-state index is 11.9. The lowest BCUT2D eigenvalue weighted by Crippen LogP contribution is -2.44. The van der Waals surface area contributed by atoms with Gasteiger partial charge >= 0.3 is 0 Å². The Labute approximate surface area is 126 Å². The molecule has 1 aromatic heterocycles. The van der Waals surface area contributed by atoms with E-state index >= 15 is 0 Å². The summed E-state index contributed by atoms with van der Waals surface area (Å²) >= 11 is 0. The molecule has 2 N–H and O–H groups in total. The van der Waals surface area contributed by atoms with Gasteiger partial charge in [0.1, 0.15) is 0 Å². The first-order chi connectivity index (χ1) is 9.08. The minimum absolute atomic E-state index is 0. The van der Waals surface area contributed by atoms with E-state index < -0.39 is 10.0 Å². The fourth-order valence-electron chi connectivity index (χ4n) is 2.05. The number of halogens is 1. The van der Waals surface area contributed by atoms with Crippen molar-refractivity contribution in [2.45, 2.75) is 11.4 Å². The highest BCUT2D eigenvalue weighted by Gasteiger charge is 2.16. The third-order valence-electron chi connectivity index (χ3n) is 3.11. The van der Waals surface area contributed by atoms with Gasteiger partial charge in [0.15, 0.2) is 5.03 Å². The van der Waals surface area contributed by atoms with Crippen molar-refractivity contribution in [2.24, 2.45) is 7.05 Å². The molecule has 7 nitrogen and oxygen atoms in total. The molecule has 0 aromatic carbocycles. The number of hydrogen-bond acceptors (Lipinski definition) is 5. The Morgan fingerprint density at radius 2 is 2.10 bits per heavy atom. The average molecular weight is 324 g/mol. The molecule has 2 heterocycles. The number of rotatable bonds is 6. The normalized spacial score (nSPS) is 16.9. The van der Waals surface area contributed by atoms with Gasteiger partial charge in [-0.2, -0.15) is 0 Å². The molecular weight excluding hydrogens is 302 g/mol. The molecule has 0 saturated carbocycles. The summed E-state index contributed by atoms with van der Waals surface area (Å²) in [4.78, 5) is 6.19. The summed E-state index contributed by atoms with van der Waals surface area (Å²) in [5.74, 6) is 0. The Morgan fingerprint density at radius 1 is 1.40 bits per heavy atom. The summed E-state index contributed by atoms with van der Waals surface area (Å²) in [7, 11) is -1.71. The number of nitrogens with one attached hydrogen (secondary N) is 2. The molecule has 0 amide bonds. The van der Waals surface area contributed by atoms with Crippen LogP contribution in [0.4, 0.5) is 0 Å². The second-order valence-corrected chi connectivity index (χ2v) is 6.43. The first-order valence-corrected chi connectivity index (χ1v) is 7.97. The Morgan fingerprint density at radius 3 is 2.70 bits per heavy atom. The van der Waals surface area contributed by atoms with Crippen molar-refractivity contribution >= 4 is 22.4 Å². The summed E-state index contributed by atoms with van der Waals surface area (Å²) in [6.07, 6.45) is 3.79.